The van der Waals surface area contributed by atoms with E-state index in [4.69, 9.17) is 4.98 Å². The summed E-state index contributed by atoms with van der Waals surface area (Å²) in [6.45, 7) is 11.7. The summed E-state index contributed by atoms with van der Waals surface area (Å²) in [7, 11) is 2.18. The molecule has 2 aromatic carbocycles. The molecule has 0 saturated carbocycles. The van der Waals surface area contributed by atoms with Gasteiger partial charge in [0.1, 0.15) is 5.82 Å². The summed E-state index contributed by atoms with van der Waals surface area (Å²) < 4.78 is 0. The molecule has 1 N–H and O–H groups in total. The minimum absolute atomic E-state index is 0.350. The second-order valence-electron chi connectivity index (χ2n) is 11.3. The van der Waals surface area contributed by atoms with Gasteiger partial charge in [-0.2, -0.15) is 0 Å². The highest BCUT2D eigenvalue weighted by molar-refractivity contribution is 5.87. The Morgan fingerprint density at radius 2 is 1.57 bits per heavy atom. The van der Waals surface area contributed by atoms with Crippen molar-refractivity contribution in [3.8, 4) is 0 Å². The molecule has 0 amide bonds. The molecule has 0 atom stereocenters. The number of anilines is 3. The molecule has 1 aromatic heterocycles. The maximum absolute atomic E-state index is 11.2. The molecule has 0 unspecified atom stereocenters. The van der Waals surface area contributed by atoms with Gasteiger partial charge in [-0.25, -0.2) is 14.8 Å². The number of piperazine rings is 1. The monoisotopic (exact) mass is 538 g/mol. The first-order chi connectivity index (χ1) is 19.5. The molecule has 8 heteroatoms. The van der Waals surface area contributed by atoms with Crippen molar-refractivity contribution in [2.24, 2.45) is 4.99 Å². The fraction of sp³-hybridized carbons (Fsp3) is 0.406. The predicted octanol–water partition coefficient (Wildman–Crippen LogP) is 4.81. The lowest BCUT2D eigenvalue weighted by Crippen LogP contribution is -2.44. The first-order valence-electron chi connectivity index (χ1n) is 14.3. The highest BCUT2D eigenvalue weighted by Crippen LogP contribution is 2.34. The maximum Gasteiger partial charge on any atom is 0.335 e. The number of carboxylic acids is 1. The smallest absolute Gasteiger partial charge is 0.335 e. The Morgan fingerprint density at radius 3 is 2.27 bits per heavy atom. The molecule has 8 nitrogen and oxygen atoms in total. The number of hydrogen-bond acceptors (Lipinski definition) is 7. The van der Waals surface area contributed by atoms with Crippen LogP contribution in [0.4, 0.5) is 23.0 Å². The number of pyridine rings is 1. The Hall–Kier alpha value is -3.91. The van der Waals surface area contributed by atoms with Crippen molar-refractivity contribution < 1.29 is 9.90 Å². The van der Waals surface area contributed by atoms with E-state index in [9.17, 15) is 9.90 Å². The zero-order chi connectivity index (χ0) is 27.6. The van der Waals surface area contributed by atoms with Crippen LogP contribution in [0.1, 0.15) is 45.8 Å². The molecule has 2 saturated heterocycles. The quantitative estimate of drug-likeness (QED) is 0.452. The number of aromatic carboxylic acids is 1. The van der Waals surface area contributed by atoms with Crippen molar-refractivity contribution in [1.82, 2.24) is 9.88 Å². The van der Waals surface area contributed by atoms with Crippen LogP contribution in [0.25, 0.3) is 0 Å². The average Bonchev–Trinajstić information content (AvgIpc) is 3.00. The van der Waals surface area contributed by atoms with Gasteiger partial charge in [0.25, 0.3) is 0 Å². The lowest BCUT2D eigenvalue weighted by atomic mass is 9.88. The lowest BCUT2D eigenvalue weighted by molar-refractivity contribution is 0.0697. The van der Waals surface area contributed by atoms with Crippen LogP contribution in [0.5, 0.6) is 0 Å². The number of rotatable bonds is 6. The van der Waals surface area contributed by atoms with Gasteiger partial charge in [0, 0.05) is 75.9 Å². The first kappa shape index (κ1) is 26.3. The van der Waals surface area contributed by atoms with E-state index in [0.717, 1.165) is 77.4 Å². The summed E-state index contributed by atoms with van der Waals surface area (Å²) in [5, 5.41) is 9.19. The Bertz CT molecular complexity index is 1370. The minimum atomic E-state index is -0.872. The van der Waals surface area contributed by atoms with E-state index < -0.39 is 5.97 Å². The van der Waals surface area contributed by atoms with Crippen molar-refractivity contribution in [2.45, 2.75) is 31.7 Å². The summed E-state index contributed by atoms with van der Waals surface area (Å²) in [5.41, 5.74) is 6.85. The number of carbonyl (C=O) groups is 1. The molecule has 3 aliphatic heterocycles. The average molecular weight is 539 g/mol. The van der Waals surface area contributed by atoms with Crippen molar-refractivity contribution >= 4 is 35.7 Å². The third kappa shape index (κ3) is 5.54. The molecule has 3 aromatic rings. The summed E-state index contributed by atoms with van der Waals surface area (Å²) in [6, 6.07) is 18.7. The molecule has 2 fully saturated rings. The van der Waals surface area contributed by atoms with Crippen LogP contribution in [-0.2, 0) is 13.0 Å². The minimum Gasteiger partial charge on any atom is -0.478 e. The van der Waals surface area contributed by atoms with Crippen LogP contribution in [0.15, 0.2) is 59.6 Å². The Balaban J connectivity index is 1.14. The molecule has 6 rings (SSSR count). The molecule has 0 aliphatic carbocycles. The summed E-state index contributed by atoms with van der Waals surface area (Å²) in [6.07, 6.45) is 3.13. The van der Waals surface area contributed by atoms with E-state index in [1.165, 1.54) is 28.1 Å². The Labute approximate surface area is 236 Å². The van der Waals surface area contributed by atoms with E-state index in [-0.39, 0.29) is 0 Å². The molecular weight excluding hydrogens is 500 g/mol. The Morgan fingerprint density at radius 1 is 0.850 bits per heavy atom. The van der Waals surface area contributed by atoms with Gasteiger partial charge in [0.15, 0.2) is 5.82 Å². The second-order valence-corrected chi connectivity index (χ2v) is 11.3. The summed E-state index contributed by atoms with van der Waals surface area (Å²) in [4.78, 5) is 29.9. The zero-order valence-corrected chi connectivity index (χ0v) is 23.3. The first-order valence-corrected chi connectivity index (χ1v) is 14.3. The number of piperidine rings is 1. The zero-order valence-electron chi connectivity index (χ0n) is 23.3. The van der Waals surface area contributed by atoms with Gasteiger partial charge in [-0.05, 0) is 79.9 Å². The van der Waals surface area contributed by atoms with E-state index in [1.807, 2.05) is 12.1 Å². The van der Waals surface area contributed by atoms with Crippen LogP contribution in [-0.4, -0.2) is 80.5 Å². The van der Waals surface area contributed by atoms with Crippen LogP contribution in [0.2, 0.25) is 0 Å². The van der Waals surface area contributed by atoms with E-state index in [1.54, 1.807) is 12.1 Å². The van der Waals surface area contributed by atoms with Gasteiger partial charge in [0.2, 0.25) is 0 Å². The van der Waals surface area contributed by atoms with Crippen molar-refractivity contribution in [2.75, 3.05) is 67.6 Å². The SMILES string of the molecule is C=Nc1cc(N2CCN(C)CC2)cc(N2CCc3ccc(N4CCC(c5ccc(C(=O)O)cc5)CC4)cc3C2)n1. The third-order valence-electron chi connectivity index (χ3n) is 8.83. The number of likely N-dealkylation sites (N-methyl/N-ethyl adjacent to an activating group) is 1. The molecule has 208 valence electrons. The fourth-order valence-corrected chi connectivity index (χ4v) is 6.28. The van der Waals surface area contributed by atoms with Crippen LogP contribution in [0.3, 0.4) is 0 Å². The number of carboxylic acid groups (broad SMARTS) is 1. The predicted molar refractivity (Wildman–Crippen MR) is 162 cm³/mol. The standard InChI is InChI=1S/C32H38N6O2/c1-33-30-20-29(37-17-15-35(2)16-18-37)21-31(34-30)38-14-11-24-7-8-28(19-27(24)22-38)36-12-9-25(10-13-36)23-3-5-26(6-4-23)32(39)40/h3-8,19-21,25H,1,9-18,22H2,2H3,(H,39,40). The number of hydrogen-bond donors (Lipinski definition) is 1. The number of aromatic nitrogens is 1. The molecule has 0 spiro atoms. The molecule has 0 bridgehead atoms. The lowest BCUT2D eigenvalue weighted by Gasteiger charge is -2.36. The van der Waals surface area contributed by atoms with Gasteiger partial charge in [-0.3, -0.25) is 0 Å². The third-order valence-corrected chi connectivity index (χ3v) is 8.83. The van der Waals surface area contributed by atoms with Crippen LogP contribution >= 0.6 is 0 Å². The molecular formula is C32H38N6O2. The van der Waals surface area contributed by atoms with Gasteiger partial charge in [-0.15, -0.1) is 0 Å². The highest BCUT2D eigenvalue weighted by Gasteiger charge is 2.24. The number of benzene rings is 2. The van der Waals surface area contributed by atoms with E-state index in [2.05, 4.69) is 68.7 Å². The largest absolute Gasteiger partial charge is 0.478 e. The molecule has 3 aliphatic rings. The maximum atomic E-state index is 11.2. The van der Waals surface area contributed by atoms with Crippen LogP contribution in [0, 0.1) is 0 Å². The van der Waals surface area contributed by atoms with Gasteiger partial charge < -0.3 is 24.7 Å². The number of nitrogens with zero attached hydrogens (tertiary/aromatic N) is 6. The van der Waals surface area contributed by atoms with E-state index in [0.29, 0.717) is 17.3 Å². The number of aliphatic imine (C=N–C) groups is 1. The fourth-order valence-electron chi connectivity index (χ4n) is 6.28. The summed E-state index contributed by atoms with van der Waals surface area (Å²) in [5.74, 6) is 1.26. The van der Waals surface area contributed by atoms with E-state index >= 15 is 0 Å². The van der Waals surface area contributed by atoms with Crippen molar-refractivity contribution in [3.05, 3.63) is 76.9 Å². The topological polar surface area (TPSA) is 75.5 Å². The molecule has 0 radical (unpaired) electrons. The van der Waals surface area contributed by atoms with Crippen molar-refractivity contribution in [1.29, 1.82) is 0 Å². The van der Waals surface area contributed by atoms with Gasteiger partial charge >= 0.3 is 5.97 Å². The molecule has 40 heavy (non-hydrogen) atoms. The normalized spacial score (nSPS) is 18.5. The van der Waals surface area contributed by atoms with Gasteiger partial charge in [-0.1, -0.05) is 18.2 Å². The number of fused-ring (bicyclic) bond motifs is 1. The van der Waals surface area contributed by atoms with Crippen LogP contribution < -0.4 is 14.7 Å². The van der Waals surface area contributed by atoms with Gasteiger partial charge in [0.05, 0.1) is 5.56 Å². The molecule has 4 heterocycles. The Kier molecular flexibility index (Phi) is 7.43. The van der Waals surface area contributed by atoms with Crippen molar-refractivity contribution in [3.63, 3.8) is 0 Å². The summed E-state index contributed by atoms with van der Waals surface area (Å²) >= 11 is 0. The highest BCUT2D eigenvalue weighted by atomic mass is 16.4. The second kappa shape index (κ2) is 11.3.